The molecule has 0 amide bonds. The van der Waals surface area contributed by atoms with Crippen LogP contribution in [-0.2, 0) is 5.41 Å². The van der Waals surface area contributed by atoms with Crippen LogP contribution in [-0.4, -0.2) is 29.9 Å². The van der Waals surface area contributed by atoms with Gasteiger partial charge in [0.25, 0.3) is 0 Å². The monoisotopic (exact) mass is 954 g/mol. The van der Waals surface area contributed by atoms with Crippen LogP contribution < -0.4 is 0 Å². The number of benzene rings is 10. The number of nitrogens with zero attached hydrogens (tertiary/aromatic N) is 6. The van der Waals surface area contributed by atoms with Crippen LogP contribution in [0.1, 0.15) is 67.5 Å². The third-order valence-electron chi connectivity index (χ3n) is 16.2. The average Bonchev–Trinajstić information content (AvgIpc) is 4.05. The van der Waals surface area contributed by atoms with E-state index in [2.05, 4.69) is 200 Å². The second-order valence-electron chi connectivity index (χ2n) is 20.0. The van der Waals surface area contributed by atoms with Crippen LogP contribution in [0.25, 0.3) is 90.6 Å². The highest BCUT2D eigenvalue weighted by molar-refractivity contribution is 5.98. The summed E-state index contributed by atoms with van der Waals surface area (Å²) in [6.45, 7) is 0. The van der Waals surface area contributed by atoms with Crippen LogP contribution in [0.2, 0.25) is 0 Å². The Kier molecular flexibility index (Phi) is 8.98. The first kappa shape index (κ1) is 41.8. The van der Waals surface area contributed by atoms with Gasteiger partial charge in [0, 0.05) is 45.2 Å². The Morgan fingerprint density at radius 3 is 0.987 bits per heavy atom. The highest BCUT2D eigenvalue weighted by Gasteiger charge is 2.53. The fraction of sp³-hybridized carbons (Fsp3) is 0.0435. The summed E-state index contributed by atoms with van der Waals surface area (Å²) in [6.07, 6.45) is 0. The highest BCUT2D eigenvalue weighted by atomic mass is 15.0. The molecule has 2 atom stereocenters. The first-order chi connectivity index (χ1) is 37.2. The van der Waals surface area contributed by atoms with E-state index in [9.17, 15) is 0 Å². The smallest absolute Gasteiger partial charge is 0.164 e. The maximum Gasteiger partial charge on any atom is 0.164 e. The Hall–Kier alpha value is -9.78. The van der Waals surface area contributed by atoms with E-state index in [1.807, 2.05) is 42.5 Å². The van der Waals surface area contributed by atoms with Gasteiger partial charge in [-0.1, -0.05) is 231 Å². The van der Waals surface area contributed by atoms with Gasteiger partial charge in [0.2, 0.25) is 0 Å². The zero-order valence-electron chi connectivity index (χ0n) is 40.4. The average molecular weight is 955 g/mol. The van der Waals surface area contributed by atoms with Crippen molar-refractivity contribution in [2.75, 3.05) is 0 Å². The normalized spacial score (nSPS) is 15.3. The molecule has 0 N–H and O–H groups in total. The summed E-state index contributed by atoms with van der Waals surface area (Å²) >= 11 is 0. The summed E-state index contributed by atoms with van der Waals surface area (Å²) in [7, 11) is 0. The zero-order valence-corrected chi connectivity index (χ0v) is 40.4. The fourth-order valence-electron chi connectivity index (χ4n) is 13.1. The summed E-state index contributed by atoms with van der Waals surface area (Å²) in [6, 6.07) is 86.8. The molecule has 0 saturated heterocycles. The third kappa shape index (κ3) is 6.08. The minimum Gasteiger partial charge on any atom is -0.208 e. The summed E-state index contributed by atoms with van der Waals surface area (Å²) in [5.41, 5.74) is 22.9. The van der Waals surface area contributed by atoms with Crippen molar-refractivity contribution in [2.24, 2.45) is 0 Å². The molecule has 348 valence electrons. The molecule has 2 bridgehead atoms. The molecular formula is C69H42N6. The van der Waals surface area contributed by atoms with Gasteiger partial charge in [0.05, 0.1) is 5.41 Å². The number of hydrogen-bond acceptors (Lipinski definition) is 6. The molecule has 5 aliphatic carbocycles. The van der Waals surface area contributed by atoms with Crippen molar-refractivity contribution in [3.8, 4) is 90.6 Å². The molecule has 6 heteroatoms. The molecule has 10 aromatic carbocycles. The predicted octanol–water partition coefficient (Wildman–Crippen LogP) is 15.4. The van der Waals surface area contributed by atoms with Crippen molar-refractivity contribution in [1.29, 1.82) is 0 Å². The third-order valence-corrected chi connectivity index (χ3v) is 16.2. The molecule has 2 aromatic heterocycles. The van der Waals surface area contributed by atoms with Crippen molar-refractivity contribution < 1.29 is 0 Å². The Labute approximate surface area is 433 Å². The second-order valence-corrected chi connectivity index (χ2v) is 20.0. The van der Waals surface area contributed by atoms with Gasteiger partial charge in [-0.3, -0.25) is 0 Å². The summed E-state index contributed by atoms with van der Waals surface area (Å²) in [5.74, 6) is 3.87. The minimum atomic E-state index is -0.570. The Morgan fingerprint density at radius 2 is 0.547 bits per heavy atom. The van der Waals surface area contributed by atoms with Crippen molar-refractivity contribution >= 4 is 0 Å². The topological polar surface area (TPSA) is 77.3 Å². The van der Waals surface area contributed by atoms with Gasteiger partial charge in [-0.15, -0.1) is 0 Å². The molecule has 1 spiro atoms. The molecule has 17 rings (SSSR count). The van der Waals surface area contributed by atoms with Crippen LogP contribution in [0.4, 0.5) is 0 Å². The number of rotatable bonds is 6. The van der Waals surface area contributed by atoms with E-state index in [1.165, 1.54) is 77.9 Å². The summed E-state index contributed by atoms with van der Waals surface area (Å²) in [5, 5.41) is 0. The highest BCUT2D eigenvalue weighted by Crippen LogP contribution is 2.64. The van der Waals surface area contributed by atoms with Gasteiger partial charge < -0.3 is 0 Å². The van der Waals surface area contributed by atoms with Crippen LogP contribution in [0.3, 0.4) is 0 Å². The van der Waals surface area contributed by atoms with E-state index in [4.69, 9.17) is 29.9 Å². The van der Waals surface area contributed by atoms with Gasteiger partial charge in [-0.05, 0) is 90.0 Å². The van der Waals surface area contributed by atoms with E-state index in [1.54, 1.807) is 0 Å². The molecule has 0 aliphatic heterocycles. The number of hydrogen-bond donors (Lipinski definition) is 0. The Morgan fingerprint density at radius 1 is 0.227 bits per heavy atom. The van der Waals surface area contributed by atoms with E-state index in [-0.39, 0.29) is 11.8 Å². The summed E-state index contributed by atoms with van der Waals surface area (Å²) in [4.78, 5) is 31.6. The molecule has 75 heavy (non-hydrogen) atoms. The second kappa shape index (κ2) is 16.1. The lowest BCUT2D eigenvalue weighted by molar-refractivity contribution is 0.754. The fourth-order valence-corrected chi connectivity index (χ4v) is 13.1. The minimum absolute atomic E-state index is 0.00326. The lowest BCUT2D eigenvalue weighted by atomic mass is 9.61. The molecule has 6 nitrogen and oxygen atoms in total. The molecular weight excluding hydrogens is 913 g/mol. The molecule has 0 saturated carbocycles. The molecule has 2 unspecified atom stereocenters. The SMILES string of the molecule is c1ccc(-c2nc(-c3ccccc3)nc(-c3ccc4c(c3)C3c5ccccc5C4c4cc(-c5nc(-c6ccccc6)nc(-c6cccc7c6C6(c8ccccc8-c8ccccc86)c6ccccc6-7)n5)ccc43)n2)cc1. The lowest BCUT2D eigenvalue weighted by Gasteiger charge is -2.42. The molecule has 12 aromatic rings. The maximum absolute atomic E-state index is 5.57. The Bertz CT molecular complexity index is 4200. The molecule has 5 aliphatic rings. The van der Waals surface area contributed by atoms with Crippen LogP contribution in [0.5, 0.6) is 0 Å². The molecule has 0 fully saturated rings. The summed E-state index contributed by atoms with van der Waals surface area (Å²) < 4.78 is 0. The van der Waals surface area contributed by atoms with Gasteiger partial charge in [0.15, 0.2) is 34.9 Å². The number of aromatic nitrogens is 6. The van der Waals surface area contributed by atoms with Gasteiger partial charge >= 0.3 is 0 Å². The van der Waals surface area contributed by atoms with Crippen LogP contribution in [0, 0.1) is 0 Å². The van der Waals surface area contributed by atoms with Crippen molar-refractivity contribution in [2.45, 2.75) is 17.3 Å². The Balaban J connectivity index is 0.863. The standard InChI is InChI=1S/C69H42N6/c1-4-19-41(20-5-1)63-70-64(42-21-6-2-7-22-42)72-66(71-63)44-35-37-51-55(39-44)60-49-28-10-11-29-50(49)61(51)56-40-45(36-38-52(56)60)67-73-65(43-23-8-3-9-24-43)74-68(75-67)54-31-18-30-53-48-27-14-17-34-59(48)69(62(53)54)57-32-15-12-25-46(57)47-26-13-16-33-58(47)69/h1-40,60-61H. The maximum atomic E-state index is 5.57. The first-order valence-electron chi connectivity index (χ1n) is 25.7. The largest absolute Gasteiger partial charge is 0.208 e. The van der Waals surface area contributed by atoms with E-state index < -0.39 is 5.41 Å². The van der Waals surface area contributed by atoms with Gasteiger partial charge in [-0.2, -0.15) is 0 Å². The number of fused-ring (bicyclic) bond motifs is 10. The van der Waals surface area contributed by atoms with Crippen molar-refractivity contribution in [1.82, 2.24) is 29.9 Å². The van der Waals surface area contributed by atoms with E-state index in [0.717, 1.165) is 33.4 Å². The van der Waals surface area contributed by atoms with Crippen molar-refractivity contribution in [3.05, 3.63) is 298 Å². The predicted molar refractivity (Wildman–Crippen MR) is 297 cm³/mol. The molecule has 2 heterocycles. The zero-order chi connectivity index (χ0) is 49.2. The van der Waals surface area contributed by atoms with E-state index >= 15 is 0 Å². The van der Waals surface area contributed by atoms with E-state index in [0.29, 0.717) is 34.9 Å². The lowest BCUT2D eigenvalue weighted by Crippen LogP contribution is -2.27. The van der Waals surface area contributed by atoms with Gasteiger partial charge in [0.1, 0.15) is 0 Å². The van der Waals surface area contributed by atoms with Crippen molar-refractivity contribution in [3.63, 3.8) is 0 Å². The van der Waals surface area contributed by atoms with Gasteiger partial charge in [-0.25, -0.2) is 29.9 Å². The molecule has 0 radical (unpaired) electrons. The van der Waals surface area contributed by atoms with Crippen LogP contribution >= 0.6 is 0 Å². The van der Waals surface area contributed by atoms with Crippen LogP contribution in [0.15, 0.2) is 243 Å². The first-order valence-corrected chi connectivity index (χ1v) is 25.7. The quantitative estimate of drug-likeness (QED) is 0.165.